The summed E-state index contributed by atoms with van der Waals surface area (Å²) in [6.07, 6.45) is 6.32. The maximum atomic E-state index is 12.4. The molecule has 0 saturated carbocycles. The molecule has 5 nitrogen and oxygen atoms in total. The number of carbonyl (C=O) groups is 1. The molecule has 0 N–H and O–H groups in total. The lowest BCUT2D eigenvalue weighted by Crippen LogP contribution is -2.39. The Hall–Kier alpha value is -1.62. The minimum atomic E-state index is 0.0425. The van der Waals surface area contributed by atoms with Crippen molar-refractivity contribution in [1.82, 2.24) is 9.88 Å². The number of pyridine rings is 1. The van der Waals surface area contributed by atoms with Gasteiger partial charge in [0, 0.05) is 25.8 Å². The normalized spacial score (nSPS) is 26.5. The molecule has 2 saturated heterocycles. The Morgan fingerprint density at radius 2 is 2.40 bits per heavy atom. The zero-order valence-corrected chi connectivity index (χ0v) is 11.5. The molecule has 20 heavy (non-hydrogen) atoms. The Morgan fingerprint density at radius 1 is 1.45 bits per heavy atom. The predicted molar refractivity (Wildman–Crippen MR) is 73.4 cm³/mol. The van der Waals surface area contributed by atoms with Gasteiger partial charge in [0.2, 0.25) is 5.91 Å². The second kappa shape index (κ2) is 6.22. The molecule has 0 spiro atoms. The van der Waals surface area contributed by atoms with E-state index in [1.807, 2.05) is 17.0 Å². The largest absolute Gasteiger partial charge is 0.487 e. The highest BCUT2D eigenvalue weighted by Crippen LogP contribution is 2.22. The number of ether oxygens (including phenoxy) is 2. The van der Waals surface area contributed by atoms with Crippen LogP contribution in [0.2, 0.25) is 0 Å². The number of hydrogen-bond acceptors (Lipinski definition) is 4. The number of nitrogens with zero attached hydrogens (tertiary/aromatic N) is 2. The molecule has 3 heterocycles. The fraction of sp³-hybridized carbons (Fsp3) is 0.600. The van der Waals surface area contributed by atoms with Gasteiger partial charge in [0.25, 0.3) is 0 Å². The molecule has 0 radical (unpaired) electrons. The van der Waals surface area contributed by atoms with Crippen LogP contribution in [0.15, 0.2) is 24.5 Å². The van der Waals surface area contributed by atoms with Crippen LogP contribution in [0.4, 0.5) is 0 Å². The van der Waals surface area contributed by atoms with Crippen molar-refractivity contribution in [2.24, 2.45) is 5.92 Å². The van der Waals surface area contributed by atoms with Crippen LogP contribution in [0.25, 0.3) is 0 Å². The standard InChI is InChI=1S/C15H20N2O3/c18-15(12-3-2-8-19-11-12)17-7-5-14(10-17)20-13-4-1-6-16-9-13/h1,4,6,9,12,14H,2-3,5,7-8,10-11H2. The molecular weight excluding hydrogens is 256 g/mol. The summed E-state index contributed by atoms with van der Waals surface area (Å²) in [5, 5.41) is 0. The molecule has 0 bridgehead atoms. The van der Waals surface area contributed by atoms with Crippen molar-refractivity contribution in [2.75, 3.05) is 26.3 Å². The molecule has 108 valence electrons. The van der Waals surface area contributed by atoms with Gasteiger partial charge in [-0.1, -0.05) is 0 Å². The van der Waals surface area contributed by atoms with Gasteiger partial charge in [-0.2, -0.15) is 0 Å². The van der Waals surface area contributed by atoms with Gasteiger partial charge in [-0.15, -0.1) is 0 Å². The van der Waals surface area contributed by atoms with E-state index >= 15 is 0 Å². The van der Waals surface area contributed by atoms with E-state index in [-0.39, 0.29) is 17.9 Å². The van der Waals surface area contributed by atoms with Crippen LogP contribution in [-0.2, 0) is 9.53 Å². The van der Waals surface area contributed by atoms with Gasteiger partial charge in [-0.05, 0) is 25.0 Å². The first-order chi connectivity index (χ1) is 9.83. The van der Waals surface area contributed by atoms with Crippen LogP contribution >= 0.6 is 0 Å². The molecule has 1 aromatic heterocycles. The van der Waals surface area contributed by atoms with E-state index in [1.165, 1.54) is 0 Å². The molecule has 0 aromatic carbocycles. The molecule has 2 atom stereocenters. The van der Waals surface area contributed by atoms with E-state index in [4.69, 9.17) is 9.47 Å². The van der Waals surface area contributed by atoms with Gasteiger partial charge in [0.15, 0.2) is 0 Å². The van der Waals surface area contributed by atoms with E-state index in [1.54, 1.807) is 12.4 Å². The van der Waals surface area contributed by atoms with E-state index < -0.39 is 0 Å². The summed E-state index contributed by atoms with van der Waals surface area (Å²) in [6, 6.07) is 3.75. The molecule has 2 fully saturated rings. The van der Waals surface area contributed by atoms with Crippen LogP contribution in [0.3, 0.4) is 0 Å². The van der Waals surface area contributed by atoms with Crippen molar-refractivity contribution in [3.63, 3.8) is 0 Å². The quantitative estimate of drug-likeness (QED) is 0.839. The molecule has 2 aliphatic heterocycles. The molecule has 1 aromatic rings. The van der Waals surface area contributed by atoms with E-state index in [0.717, 1.165) is 38.2 Å². The lowest BCUT2D eigenvalue weighted by atomic mass is 10.0. The van der Waals surface area contributed by atoms with Crippen molar-refractivity contribution in [1.29, 1.82) is 0 Å². The second-order valence-electron chi connectivity index (χ2n) is 5.42. The van der Waals surface area contributed by atoms with Crippen molar-refractivity contribution in [2.45, 2.75) is 25.4 Å². The fourth-order valence-corrected chi connectivity index (χ4v) is 2.83. The second-order valence-corrected chi connectivity index (χ2v) is 5.42. The lowest BCUT2D eigenvalue weighted by Gasteiger charge is -2.26. The fourth-order valence-electron chi connectivity index (χ4n) is 2.83. The van der Waals surface area contributed by atoms with Crippen molar-refractivity contribution < 1.29 is 14.3 Å². The van der Waals surface area contributed by atoms with Crippen molar-refractivity contribution in [3.8, 4) is 5.75 Å². The summed E-state index contributed by atoms with van der Waals surface area (Å²) in [5.41, 5.74) is 0. The summed E-state index contributed by atoms with van der Waals surface area (Å²) in [5.74, 6) is 1.04. The molecule has 1 amide bonds. The Bertz CT molecular complexity index is 446. The Morgan fingerprint density at radius 3 is 3.15 bits per heavy atom. The number of likely N-dealkylation sites (tertiary alicyclic amines) is 1. The number of hydrogen-bond donors (Lipinski definition) is 0. The highest BCUT2D eigenvalue weighted by atomic mass is 16.5. The molecule has 2 unspecified atom stereocenters. The van der Waals surface area contributed by atoms with Crippen LogP contribution in [0.5, 0.6) is 5.75 Å². The minimum Gasteiger partial charge on any atom is -0.487 e. The van der Waals surface area contributed by atoms with Crippen LogP contribution in [-0.4, -0.2) is 48.2 Å². The third-order valence-electron chi connectivity index (χ3n) is 3.90. The summed E-state index contributed by atoms with van der Waals surface area (Å²) >= 11 is 0. The lowest BCUT2D eigenvalue weighted by molar-refractivity contribution is -0.138. The molecule has 3 rings (SSSR count). The van der Waals surface area contributed by atoms with Crippen molar-refractivity contribution >= 4 is 5.91 Å². The third-order valence-corrected chi connectivity index (χ3v) is 3.90. The summed E-state index contributed by atoms with van der Waals surface area (Å²) < 4.78 is 11.3. The first kappa shape index (κ1) is 13.4. The van der Waals surface area contributed by atoms with Gasteiger partial charge in [-0.25, -0.2) is 0 Å². The van der Waals surface area contributed by atoms with Gasteiger partial charge in [0.1, 0.15) is 11.9 Å². The van der Waals surface area contributed by atoms with Crippen LogP contribution in [0, 0.1) is 5.92 Å². The summed E-state index contributed by atoms with van der Waals surface area (Å²) in [7, 11) is 0. The highest BCUT2D eigenvalue weighted by Gasteiger charge is 2.32. The Kier molecular flexibility index (Phi) is 4.16. The topological polar surface area (TPSA) is 51.7 Å². The van der Waals surface area contributed by atoms with E-state index in [2.05, 4.69) is 4.98 Å². The first-order valence-electron chi connectivity index (χ1n) is 7.26. The van der Waals surface area contributed by atoms with Gasteiger partial charge >= 0.3 is 0 Å². The van der Waals surface area contributed by atoms with Gasteiger partial charge in [-0.3, -0.25) is 9.78 Å². The molecule has 2 aliphatic rings. The summed E-state index contributed by atoms with van der Waals surface area (Å²) in [6.45, 7) is 2.81. The molecule has 0 aliphatic carbocycles. The van der Waals surface area contributed by atoms with Crippen molar-refractivity contribution in [3.05, 3.63) is 24.5 Å². The summed E-state index contributed by atoms with van der Waals surface area (Å²) in [4.78, 5) is 18.3. The van der Waals surface area contributed by atoms with E-state index in [9.17, 15) is 4.79 Å². The average molecular weight is 276 g/mol. The number of amides is 1. The first-order valence-corrected chi connectivity index (χ1v) is 7.26. The van der Waals surface area contributed by atoms with E-state index in [0.29, 0.717) is 13.2 Å². The SMILES string of the molecule is O=C(C1CCCOC1)N1CCC(Oc2cccnc2)C1. The highest BCUT2D eigenvalue weighted by molar-refractivity contribution is 5.79. The van der Waals surface area contributed by atoms with Gasteiger partial charge < -0.3 is 14.4 Å². The Balaban J connectivity index is 1.52. The smallest absolute Gasteiger partial charge is 0.228 e. The monoisotopic (exact) mass is 276 g/mol. The molecule has 5 heteroatoms. The minimum absolute atomic E-state index is 0.0425. The zero-order valence-electron chi connectivity index (χ0n) is 11.5. The van der Waals surface area contributed by atoms with Crippen LogP contribution < -0.4 is 4.74 Å². The third kappa shape index (κ3) is 3.10. The predicted octanol–water partition coefficient (Wildman–Crippen LogP) is 1.49. The maximum Gasteiger partial charge on any atom is 0.228 e. The van der Waals surface area contributed by atoms with Gasteiger partial charge in [0.05, 0.1) is 25.3 Å². The average Bonchev–Trinajstić information content (AvgIpc) is 2.97. The number of carbonyl (C=O) groups excluding carboxylic acids is 1. The number of aromatic nitrogens is 1. The maximum absolute atomic E-state index is 12.4. The zero-order chi connectivity index (χ0) is 13.8. The number of rotatable bonds is 3. The molecular formula is C15H20N2O3. The Labute approximate surface area is 118 Å². The van der Waals surface area contributed by atoms with Crippen LogP contribution in [0.1, 0.15) is 19.3 Å².